The van der Waals surface area contributed by atoms with E-state index in [0.717, 1.165) is 38.5 Å². The van der Waals surface area contributed by atoms with Crippen LogP contribution in [0.4, 0.5) is 0 Å². The van der Waals surface area contributed by atoms with Gasteiger partial charge in [-0.25, -0.2) is 0 Å². The molecule has 3 aliphatic heterocycles. The molecule has 4 rings (SSSR count). The Morgan fingerprint density at radius 1 is 1.15 bits per heavy atom. The first kappa shape index (κ1) is 25.3. The van der Waals surface area contributed by atoms with Gasteiger partial charge in [0.1, 0.15) is 6.04 Å². The van der Waals surface area contributed by atoms with E-state index < -0.39 is 22.6 Å². The average Bonchev–Trinajstić information content (AvgIpc) is 3.38. The van der Waals surface area contributed by atoms with Crippen molar-refractivity contribution in [3.63, 3.8) is 0 Å². The monoisotopic (exact) mass is 489 g/mol. The number of likely N-dealkylation sites (N-methyl/N-ethyl adjacent to an activating group) is 1. The molecule has 2 unspecified atom stereocenters. The lowest BCUT2D eigenvalue weighted by atomic mass is 9.66. The van der Waals surface area contributed by atoms with Crippen molar-refractivity contribution in [3.8, 4) is 0 Å². The SMILES string of the molecule is C=CCN(C)C(=O)[C@H]1[C@H]2C(=O)N(CCO)C(C(=O)N(CC=C)C3CCCCC3)C23CC[C@]1(C)S3. The molecule has 188 valence electrons. The highest BCUT2D eigenvalue weighted by Crippen LogP contribution is 2.71. The minimum Gasteiger partial charge on any atom is -0.395 e. The Hall–Kier alpha value is -1.80. The minimum absolute atomic E-state index is 0.0413. The fraction of sp³-hybridized carbons (Fsp3) is 0.731. The van der Waals surface area contributed by atoms with Gasteiger partial charge in [-0.2, -0.15) is 0 Å². The van der Waals surface area contributed by atoms with Crippen LogP contribution in [-0.2, 0) is 14.4 Å². The Balaban J connectivity index is 1.74. The Kier molecular flexibility index (Phi) is 7.21. The summed E-state index contributed by atoms with van der Waals surface area (Å²) in [6.07, 6.45) is 10.3. The largest absolute Gasteiger partial charge is 0.395 e. The highest BCUT2D eigenvalue weighted by atomic mass is 32.2. The molecule has 34 heavy (non-hydrogen) atoms. The maximum absolute atomic E-state index is 14.3. The van der Waals surface area contributed by atoms with Crippen molar-refractivity contribution >= 4 is 29.5 Å². The van der Waals surface area contributed by atoms with Gasteiger partial charge in [0.25, 0.3) is 0 Å². The van der Waals surface area contributed by atoms with Gasteiger partial charge >= 0.3 is 0 Å². The first-order valence-electron chi connectivity index (χ1n) is 12.6. The molecule has 2 bridgehead atoms. The summed E-state index contributed by atoms with van der Waals surface area (Å²) in [6, 6.07) is -0.510. The highest BCUT2D eigenvalue weighted by Gasteiger charge is 2.77. The van der Waals surface area contributed by atoms with Crippen LogP contribution in [0.3, 0.4) is 0 Å². The van der Waals surface area contributed by atoms with Crippen molar-refractivity contribution in [2.24, 2.45) is 11.8 Å². The topological polar surface area (TPSA) is 81.2 Å². The predicted molar refractivity (Wildman–Crippen MR) is 134 cm³/mol. The summed E-state index contributed by atoms with van der Waals surface area (Å²) in [6.45, 7) is 10.5. The second-order valence-electron chi connectivity index (χ2n) is 10.6. The number of thioether (sulfide) groups is 1. The van der Waals surface area contributed by atoms with Crippen LogP contribution in [0, 0.1) is 11.8 Å². The number of hydrogen-bond donors (Lipinski definition) is 1. The lowest BCUT2D eigenvalue weighted by Gasteiger charge is -2.41. The molecule has 0 radical (unpaired) electrons. The van der Waals surface area contributed by atoms with Crippen molar-refractivity contribution in [3.05, 3.63) is 25.3 Å². The van der Waals surface area contributed by atoms with Crippen LogP contribution in [0.25, 0.3) is 0 Å². The lowest BCUT2D eigenvalue weighted by Crippen LogP contribution is -2.57. The molecule has 8 heteroatoms. The van der Waals surface area contributed by atoms with Crippen LogP contribution < -0.4 is 0 Å². The Morgan fingerprint density at radius 2 is 1.82 bits per heavy atom. The standard InChI is InChI=1S/C26H39N3O4S/c1-5-14-27(4)22(31)19-20-23(32)29(16-17-30)21(26(20)13-12-25(19,3)34-26)24(33)28(15-6-2)18-10-8-7-9-11-18/h5-6,18-21,30H,1-2,7-17H2,3-4H3/t19-,20+,21?,25+,26?/m1/s1. The first-order chi connectivity index (χ1) is 16.3. The number of carbonyl (C=O) groups is 3. The van der Waals surface area contributed by atoms with Gasteiger partial charge < -0.3 is 19.8 Å². The van der Waals surface area contributed by atoms with Gasteiger partial charge in [-0.1, -0.05) is 31.4 Å². The van der Waals surface area contributed by atoms with E-state index in [1.807, 2.05) is 4.90 Å². The molecule has 0 aromatic rings. The molecule has 1 saturated carbocycles. The lowest BCUT2D eigenvalue weighted by molar-refractivity contribution is -0.146. The maximum atomic E-state index is 14.3. The Labute approximate surface area is 207 Å². The van der Waals surface area contributed by atoms with Crippen molar-refractivity contribution in [2.45, 2.75) is 73.4 Å². The third-order valence-electron chi connectivity index (χ3n) is 8.52. The molecule has 5 atom stereocenters. The number of fused-ring (bicyclic) bond motifs is 1. The number of carbonyl (C=O) groups excluding carboxylic acids is 3. The van der Waals surface area contributed by atoms with E-state index in [1.165, 1.54) is 6.42 Å². The number of nitrogens with zero attached hydrogens (tertiary/aromatic N) is 3. The average molecular weight is 490 g/mol. The van der Waals surface area contributed by atoms with Gasteiger partial charge in [0.15, 0.2) is 0 Å². The fourth-order valence-electron chi connectivity index (χ4n) is 7.06. The summed E-state index contributed by atoms with van der Waals surface area (Å²) in [5.41, 5.74) is 0. The summed E-state index contributed by atoms with van der Waals surface area (Å²) in [5.74, 6) is -1.28. The molecule has 4 aliphatic rings. The highest BCUT2D eigenvalue weighted by molar-refractivity contribution is 8.02. The van der Waals surface area contributed by atoms with Crippen LogP contribution in [0.1, 0.15) is 51.9 Å². The van der Waals surface area contributed by atoms with Gasteiger partial charge in [0.2, 0.25) is 17.7 Å². The molecular formula is C26H39N3O4S. The molecule has 3 saturated heterocycles. The number of likely N-dealkylation sites (tertiary alicyclic amines) is 1. The summed E-state index contributed by atoms with van der Waals surface area (Å²) >= 11 is 1.68. The number of hydrogen-bond acceptors (Lipinski definition) is 5. The van der Waals surface area contributed by atoms with E-state index in [2.05, 4.69) is 20.1 Å². The third kappa shape index (κ3) is 3.81. The summed E-state index contributed by atoms with van der Waals surface area (Å²) < 4.78 is -1.02. The van der Waals surface area contributed by atoms with E-state index in [1.54, 1.807) is 40.8 Å². The normalized spacial score (nSPS) is 34.7. The number of aliphatic hydroxyl groups is 1. The molecule has 3 heterocycles. The van der Waals surface area contributed by atoms with Gasteiger partial charge in [-0.3, -0.25) is 14.4 Å². The van der Waals surface area contributed by atoms with Crippen LogP contribution in [-0.4, -0.2) is 92.4 Å². The van der Waals surface area contributed by atoms with Crippen LogP contribution in [0.2, 0.25) is 0 Å². The van der Waals surface area contributed by atoms with Crippen molar-refractivity contribution in [2.75, 3.05) is 33.3 Å². The molecule has 0 aromatic heterocycles. The van der Waals surface area contributed by atoms with E-state index in [4.69, 9.17) is 0 Å². The molecule has 1 aliphatic carbocycles. The summed E-state index contributed by atoms with van der Waals surface area (Å²) in [4.78, 5) is 46.9. The van der Waals surface area contributed by atoms with Crippen LogP contribution in [0.15, 0.2) is 25.3 Å². The van der Waals surface area contributed by atoms with E-state index in [9.17, 15) is 19.5 Å². The van der Waals surface area contributed by atoms with Crippen molar-refractivity contribution in [1.29, 1.82) is 0 Å². The van der Waals surface area contributed by atoms with Gasteiger partial charge in [0.05, 0.1) is 23.2 Å². The smallest absolute Gasteiger partial charge is 0.247 e. The summed E-state index contributed by atoms with van der Waals surface area (Å²) in [5, 5.41) is 9.82. The van der Waals surface area contributed by atoms with E-state index in [0.29, 0.717) is 13.1 Å². The molecule has 4 fully saturated rings. The van der Waals surface area contributed by atoms with E-state index in [-0.39, 0.29) is 41.7 Å². The third-order valence-corrected chi connectivity index (χ3v) is 10.5. The Bertz CT molecular complexity index is 859. The molecule has 7 nitrogen and oxygen atoms in total. The van der Waals surface area contributed by atoms with Crippen LogP contribution >= 0.6 is 11.8 Å². The van der Waals surface area contributed by atoms with Gasteiger partial charge in [-0.15, -0.1) is 24.9 Å². The molecule has 1 N–H and O–H groups in total. The second kappa shape index (κ2) is 9.69. The maximum Gasteiger partial charge on any atom is 0.247 e. The van der Waals surface area contributed by atoms with Crippen molar-refractivity contribution < 1.29 is 19.5 Å². The predicted octanol–water partition coefficient (Wildman–Crippen LogP) is 2.45. The quantitative estimate of drug-likeness (QED) is 0.503. The number of rotatable bonds is 9. The van der Waals surface area contributed by atoms with Gasteiger partial charge in [-0.05, 0) is 32.6 Å². The van der Waals surface area contributed by atoms with Crippen LogP contribution in [0.5, 0.6) is 0 Å². The zero-order valence-electron chi connectivity index (χ0n) is 20.6. The van der Waals surface area contributed by atoms with E-state index >= 15 is 0 Å². The fourth-order valence-corrected chi connectivity index (χ4v) is 9.40. The summed E-state index contributed by atoms with van der Waals surface area (Å²) in [7, 11) is 1.75. The number of aliphatic hydroxyl groups excluding tert-OH is 1. The van der Waals surface area contributed by atoms with Gasteiger partial charge in [0, 0.05) is 37.5 Å². The molecule has 0 aromatic carbocycles. The molecular weight excluding hydrogens is 450 g/mol. The van der Waals surface area contributed by atoms with Crippen molar-refractivity contribution in [1.82, 2.24) is 14.7 Å². The second-order valence-corrected chi connectivity index (χ2v) is 12.5. The first-order valence-corrected chi connectivity index (χ1v) is 13.5. The molecule has 1 spiro atoms. The minimum atomic E-state index is -0.659. The zero-order chi connectivity index (χ0) is 24.7. The number of β-amino-alcohol motifs (C(OH)–C–C–N with tert-alkyl or cyclic N) is 1. The zero-order valence-corrected chi connectivity index (χ0v) is 21.4. The Morgan fingerprint density at radius 3 is 2.44 bits per heavy atom. The molecule has 3 amide bonds. The number of amides is 3.